The van der Waals surface area contributed by atoms with Crippen molar-refractivity contribution < 1.29 is 17.9 Å². The Morgan fingerprint density at radius 3 is 2.50 bits per heavy atom. The quantitative estimate of drug-likeness (QED) is 0.610. The second kappa shape index (κ2) is 5.18. The first-order valence-electron chi connectivity index (χ1n) is 4.66. The number of nitrogen functional groups attached to an aromatic ring is 1. The van der Waals surface area contributed by atoms with Crippen LogP contribution in [0.1, 0.15) is 0 Å². The maximum atomic E-state index is 11.2. The lowest BCUT2D eigenvalue weighted by Gasteiger charge is -2.09. The van der Waals surface area contributed by atoms with Crippen molar-refractivity contribution >= 4 is 15.5 Å². The maximum absolute atomic E-state index is 11.2. The van der Waals surface area contributed by atoms with Crippen LogP contribution in [0.2, 0.25) is 0 Å². The van der Waals surface area contributed by atoms with Crippen LogP contribution in [0.25, 0.3) is 0 Å². The van der Waals surface area contributed by atoms with Crippen molar-refractivity contribution in [1.29, 1.82) is 0 Å². The van der Waals surface area contributed by atoms with Crippen molar-refractivity contribution in [2.24, 2.45) is 0 Å². The summed E-state index contributed by atoms with van der Waals surface area (Å²) < 4.78 is 32.6. The van der Waals surface area contributed by atoms with Gasteiger partial charge in [-0.1, -0.05) is 0 Å². The van der Waals surface area contributed by atoms with E-state index in [2.05, 4.69) is 0 Å². The van der Waals surface area contributed by atoms with Crippen molar-refractivity contribution in [2.45, 2.75) is 4.90 Å². The number of benzene rings is 1. The molecule has 0 unspecified atom stereocenters. The average molecular weight is 245 g/mol. The summed E-state index contributed by atoms with van der Waals surface area (Å²) >= 11 is 0. The predicted molar refractivity (Wildman–Crippen MR) is 61.3 cm³/mol. The molecule has 0 spiro atoms. The molecule has 1 aromatic carbocycles. The Balaban J connectivity index is 2.84. The Labute approximate surface area is 95.1 Å². The summed E-state index contributed by atoms with van der Waals surface area (Å²) in [5.74, 6) is 0.462. The highest BCUT2D eigenvalue weighted by atomic mass is 32.2. The highest BCUT2D eigenvalue weighted by Gasteiger charge is 2.09. The number of anilines is 1. The summed E-state index contributed by atoms with van der Waals surface area (Å²) in [6.45, 7) is 0.826. The number of methoxy groups -OCH3 is 1. The average Bonchev–Trinajstić information content (AvgIpc) is 2.19. The Morgan fingerprint density at radius 1 is 1.31 bits per heavy atom. The predicted octanol–water partition coefficient (Wildman–Crippen LogP) is 0.698. The minimum atomic E-state index is -3.23. The number of hydrogen-bond acceptors (Lipinski definition) is 5. The number of ether oxygens (including phenoxy) is 2. The van der Waals surface area contributed by atoms with Gasteiger partial charge < -0.3 is 15.2 Å². The molecule has 0 saturated heterocycles. The van der Waals surface area contributed by atoms with Gasteiger partial charge in [-0.2, -0.15) is 0 Å². The molecule has 0 aromatic heterocycles. The molecule has 2 N–H and O–H groups in total. The second-order valence-corrected chi connectivity index (χ2v) is 5.33. The fourth-order valence-corrected chi connectivity index (χ4v) is 1.78. The number of hydrogen-bond donors (Lipinski definition) is 1. The molecular formula is C10H15NO4S. The smallest absolute Gasteiger partial charge is 0.175 e. The van der Waals surface area contributed by atoms with Gasteiger partial charge in [-0.05, 0) is 18.2 Å². The normalized spacial score (nSPS) is 11.4. The molecule has 1 aromatic rings. The first kappa shape index (κ1) is 12.8. The van der Waals surface area contributed by atoms with Gasteiger partial charge in [-0.25, -0.2) is 8.42 Å². The van der Waals surface area contributed by atoms with Gasteiger partial charge in [-0.3, -0.25) is 0 Å². The van der Waals surface area contributed by atoms with Crippen LogP contribution in [0.5, 0.6) is 5.75 Å². The van der Waals surface area contributed by atoms with E-state index in [1.807, 2.05) is 0 Å². The number of sulfone groups is 1. The lowest BCUT2D eigenvalue weighted by Crippen LogP contribution is -2.06. The van der Waals surface area contributed by atoms with Crippen molar-refractivity contribution in [3.63, 3.8) is 0 Å². The molecule has 0 fully saturated rings. The summed E-state index contributed by atoms with van der Waals surface area (Å²) in [5, 5.41) is 0. The van der Waals surface area contributed by atoms with E-state index >= 15 is 0 Å². The van der Waals surface area contributed by atoms with Crippen LogP contribution in [-0.4, -0.2) is 35.0 Å². The summed E-state index contributed by atoms with van der Waals surface area (Å²) in [7, 11) is -1.66. The second-order valence-electron chi connectivity index (χ2n) is 3.31. The highest BCUT2D eigenvalue weighted by Crippen LogP contribution is 2.24. The summed E-state index contributed by atoms with van der Waals surface area (Å²) in [6.07, 6.45) is 1.13. The van der Waals surface area contributed by atoms with Crippen LogP contribution >= 0.6 is 0 Å². The summed E-state index contributed by atoms with van der Waals surface area (Å²) in [4.78, 5) is 0.184. The van der Waals surface area contributed by atoms with E-state index in [4.69, 9.17) is 15.2 Å². The van der Waals surface area contributed by atoms with Crippen molar-refractivity contribution in [2.75, 3.05) is 32.3 Å². The molecule has 0 amide bonds. The van der Waals surface area contributed by atoms with E-state index in [0.29, 0.717) is 24.7 Å². The Bertz CT molecular complexity index is 456. The van der Waals surface area contributed by atoms with Gasteiger partial charge in [-0.15, -0.1) is 0 Å². The molecule has 1 rings (SSSR count). The Hall–Kier alpha value is -1.27. The van der Waals surface area contributed by atoms with Crippen LogP contribution in [0.3, 0.4) is 0 Å². The fraction of sp³-hybridized carbons (Fsp3) is 0.400. The van der Waals surface area contributed by atoms with Crippen LogP contribution in [0, 0.1) is 0 Å². The topological polar surface area (TPSA) is 78.6 Å². The monoisotopic (exact) mass is 245 g/mol. The third-order valence-corrected chi connectivity index (χ3v) is 3.06. The molecule has 16 heavy (non-hydrogen) atoms. The molecule has 0 bridgehead atoms. The van der Waals surface area contributed by atoms with Gasteiger partial charge in [0.2, 0.25) is 0 Å². The molecule has 0 aliphatic heterocycles. The van der Waals surface area contributed by atoms with E-state index in [9.17, 15) is 8.42 Å². The molecule has 5 nitrogen and oxygen atoms in total. The third kappa shape index (κ3) is 3.39. The van der Waals surface area contributed by atoms with Gasteiger partial charge in [0.15, 0.2) is 9.84 Å². The standard InChI is InChI=1S/C10H15NO4S/c1-14-5-6-15-10-4-3-8(7-9(10)11)16(2,12)13/h3-4,7H,5-6,11H2,1-2H3. The molecule has 0 radical (unpaired) electrons. The van der Waals surface area contributed by atoms with Crippen molar-refractivity contribution in [3.8, 4) is 5.75 Å². The molecular weight excluding hydrogens is 230 g/mol. The van der Waals surface area contributed by atoms with Crippen LogP contribution in [0.4, 0.5) is 5.69 Å². The molecule has 0 aliphatic carbocycles. The van der Waals surface area contributed by atoms with E-state index in [1.54, 1.807) is 13.2 Å². The number of nitrogens with two attached hydrogens (primary N) is 1. The van der Waals surface area contributed by atoms with E-state index < -0.39 is 9.84 Å². The zero-order chi connectivity index (χ0) is 12.2. The van der Waals surface area contributed by atoms with Gasteiger partial charge in [0, 0.05) is 13.4 Å². The highest BCUT2D eigenvalue weighted by molar-refractivity contribution is 7.90. The van der Waals surface area contributed by atoms with Gasteiger partial charge in [0.1, 0.15) is 12.4 Å². The fourth-order valence-electron chi connectivity index (χ4n) is 1.12. The van der Waals surface area contributed by atoms with Gasteiger partial charge >= 0.3 is 0 Å². The minimum Gasteiger partial charge on any atom is -0.489 e. The summed E-state index contributed by atoms with van der Waals surface area (Å²) in [5.41, 5.74) is 5.97. The van der Waals surface area contributed by atoms with Crippen LogP contribution < -0.4 is 10.5 Å². The minimum absolute atomic E-state index is 0.184. The zero-order valence-electron chi connectivity index (χ0n) is 9.26. The summed E-state index contributed by atoms with van der Waals surface area (Å²) in [6, 6.07) is 4.40. The zero-order valence-corrected chi connectivity index (χ0v) is 10.1. The third-order valence-electron chi connectivity index (χ3n) is 1.95. The molecule has 90 valence electrons. The molecule has 6 heteroatoms. The van der Waals surface area contributed by atoms with E-state index in [-0.39, 0.29) is 4.90 Å². The lowest BCUT2D eigenvalue weighted by atomic mass is 10.3. The maximum Gasteiger partial charge on any atom is 0.175 e. The van der Waals surface area contributed by atoms with Gasteiger partial charge in [0.05, 0.1) is 17.2 Å². The first-order valence-corrected chi connectivity index (χ1v) is 6.55. The molecule has 0 atom stereocenters. The van der Waals surface area contributed by atoms with Gasteiger partial charge in [0.25, 0.3) is 0 Å². The van der Waals surface area contributed by atoms with Crippen molar-refractivity contribution in [1.82, 2.24) is 0 Å². The SMILES string of the molecule is COCCOc1ccc(S(C)(=O)=O)cc1N. The van der Waals surface area contributed by atoms with E-state index in [0.717, 1.165) is 6.26 Å². The lowest BCUT2D eigenvalue weighted by molar-refractivity contribution is 0.146. The largest absolute Gasteiger partial charge is 0.489 e. The molecule has 0 heterocycles. The molecule has 0 saturated carbocycles. The molecule has 0 aliphatic rings. The Morgan fingerprint density at radius 2 is 2.00 bits per heavy atom. The van der Waals surface area contributed by atoms with Crippen LogP contribution in [-0.2, 0) is 14.6 Å². The van der Waals surface area contributed by atoms with Crippen LogP contribution in [0.15, 0.2) is 23.1 Å². The number of rotatable bonds is 5. The first-order chi connectivity index (χ1) is 7.45. The van der Waals surface area contributed by atoms with Crippen molar-refractivity contribution in [3.05, 3.63) is 18.2 Å². The van der Waals surface area contributed by atoms with E-state index in [1.165, 1.54) is 12.1 Å². The Kier molecular flexibility index (Phi) is 4.14.